The molecule has 94 valence electrons. The molecule has 1 aliphatic carbocycles. The quantitative estimate of drug-likeness (QED) is 0.785. The van der Waals surface area contributed by atoms with Crippen molar-refractivity contribution in [2.45, 2.75) is 69.6 Å². The number of rotatable bonds is 5. The molecule has 1 saturated carbocycles. The summed E-state index contributed by atoms with van der Waals surface area (Å²) in [6.45, 7) is 5.88. The van der Waals surface area contributed by atoms with E-state index in [0.717, 1.165) is 18.5 Å². The number of nitrogens with one attached hydrogen (secondary N) is 1. The minimum Gasteiger partial charge on any atom is -0.313 e. The molecule has 2 fully saturated rings. The fraction of sp³-hybridized carbons (Fsp3) is 1.00. The van der Waals surface area contributed by atoms with Crippen LogP contribution in [0.2, 0.25) is 0 Å². The Balaban J connectivity index is 1.92. The molecular weight excluding hydrogens is 214 g/mol. The molecule has 0 spiro atoms. The molecule has 0 radical (unpaired) electrons. The van der Waals surface area contributed by atoms with Gasteiger partial charge in [0.15, 0.2) is 0 Å². The summed E-state index contributed by atoms with van der Waals surface area (Å²) in [5.41, 5.74) is 0. The van der Waals surface area contributed by atoms with Crippen molar-refractivity contribution in [3.8, 4) is 0 Å². The van der Waals surface area contributed by atoms with Crippen LogP contribution in [0.3, 0.4) is 0 Å². The van der Waals surface area contributed by atoms with Gasteiger partial charge in [0.1, 0.15) is 0 Å². The van der Waals surface area contributed by atoms with Crippen LogP contribution in [0, 0.1) is 5.92 Å². The molecule has 0 aromatic rings. The van der Waals surface area contributed by atoms with Gasteiger partial charge in [0.25, 0.3) is 0 Å². The van der Waals surface area contributed by atoms with Crippen LogP contribution in [0.15, 0.2) is 0 Å². The summed E-state index contributed by atoms with van der Waals surface area (Å²) in [6, 6.07) is 0.757. The fourth-order valence-electron chi connectivity index (χ4n) is 3.45. The van der Waals surface area contributed by atoms with Gasteiger partial charge in [-0.1, -0.05) is 32.6 Å². The van der Waals surface area contributed by atoms with Crippen LogP contribution in [0.4, 0.5) is 0 Å². The largest absolute Gasteiger partial charge is 0.313 e. The summed E-state index contributed by atoms with van der Waals surface area (Å²) in [5.74, 6) is 2.39. The van der Waals surface area contributed by atoms with E-state index in [-0.39, 0.29) is 0 Å². The predicted octanol–water partition coefficient (Wildman–Crippen LogP) is 3.83. The number of hydrogen-bond acceptors (Lipinski definition) is 2. The lowest BCUT2D eigenvalue weighted by Crippen LogP contribution is -2.46. The van der Waals surface area contributed by atoms with Gasteiger partial charge in [-0.2, -0.15) is 11.8 Å². The maximum absolute atomic E-state index is 3.77. The van der Waals surface area contributed by atoms with E-state index in [4.69, 9.17) is 0 Å². The van der Waals surface area contributed by atoms with Gasteiger partial charge in [-0.3, -0.25) is 0 Å². The van der Waals surface area contributed by atoms with Crippen LogP contribution in [0.5, 0.6) is 0 Å². The normalized spacial score (nSPS) is 33.4. The molecule has 2 aliphatic rings. The Hall–Kier alpha value is 0.310. The molecule has 2 atom stereocenters. The second-order valence-electron chi connectivity index (χ2n) is 5.76. The molecule has 1 saturated heterocycles. The van der Waals surface area contributed by atoms with Crippen LogP contribution in [-0.4, -0.2) is 23.1 Å². The molecule has 1 aliphatic heterocycles. The van der Waals surface area contributed by atoms with Gasteiger partial charge in [0, 0.05) is 10.8 Å². The summed E-state index contributed by atoms with van der Waals surface area (Å²) >= 11 is 2.21. The van der Waals surface area contributed by atoms with Crippen LogP contribution in [0.25, 0.3) is 0 Å². The van der Waals surface area contributed by atoms with E-state index in [1.807, 2.05) is 0 Å². The van der Waals surface area contributed by atoms with Crippen molar-refractivity contribution in [1.82, 2.24) is 5.32 Å². The molecule has 0 aromatic heterocycles. The topological polar surface area (TPSA) is 12.0 Å². The summed E-state index contributed by atoms with van der Waals surface area (Å²) in [7, 11) is 0. The molecule has 0 aromatic carbocycles. The zero-order valence-corrected chi connectivity index (χ0v) is 11.7. The van der Waals surface area contributed by atoms with E-state index >= 15 is 0 Å². The van der Waals surface area contributed by atoms with E-state index < -0.39 is 0 Å². The van der Waals surface area contributed by atoms with Gasteiger partial charge in [-0.15, -0.1) is 0 Å². The molecule has 1 N–H and O–H groups in total. The minimum atomic E-state index is 0.526. The predicted molar refractivity (Wildman–Crippen MR) is 74.1 cm³/mol. The van der Waals surface area contributed by atoms with Crippen molar-refractivity contribution >= 4 is 11.8 Å². The Morgan fingerprint density at radius 3 is 2.62 bits per heavy atom. The van der Waals surface area contributed by atoms with Crippen LogP contribution < -0.4 is 5.32 Å². The van der Waals surface area contributed by atoms with Crippen molar-refractivity contribution in [2.75, 3.05) is 12.3 Å². The maximum atomic E-state index is 3.77. The van der Waals surface area contributed by atoms with Gasteiger partial charge in [0.2, 0.25) is 0 Å². The number of hydrogen-bond donors (Lipinski definition) is 1. The van der Waals surface area contributed by atoms with E-state index in [9.17, 15) is 0 Å². The lowest BCUT2D eigenvalue weighted by molar-refractivity contribution is 0.329. The maximum Gasteiger partial charge on any atom is 0.0285 e. The van der Waals surface area contributed by atoms with Crippen molar-refractivity contribution in [2.24, 2.45) is 5.92 Å². The van der Waals surface area contributed by atoms with Gasteiger partial charge in [-0.05, 0) is 44.4 Å². The Labute approximate surface area is 105 Å². The Morgan fingerprint density at radius 2 is 2.06 bits per heavy atom. The SMILES string of the molecule is CCNC(CC1CCCC1)C1(C)CCCS1. The molecule has 0 bridgehead atoms. The third-order valence-electron chi connectivity index (χ3n) is 4.48. The summed E-state index contributed by atoms with van der Waals surface area (Å²) in [4.78, 5) is 0. The highest BCUT2D eigenvalue weighted by molar-refractivity contribution is 8.00. The first-order valence-corrected chi connectivity index (χ1v) is 8.10. The molecule has 2 heteroatoms. The highest BCUT2D eigenvalue weighted by atomic mass is 32.2. The Morgan fingerprint density at radius 1 is 1.31 bits per heavy atom. The number of thioether (sulfide) groups is 1. The fourth-order valence-corrected chi connectivity index (χ4v) is 4.87. The molecule has 2 rings (SSSR count). The Kier molecular flexibility index (Phi) is 4.60. The van der Waals surface area contributed by atoms with Crippen LogP contribution >= 0.6 is 11.8 Å². The molecule has 1 heterocycles. The molecule has 1 nitrogen and oxygen atoms in total. The standard InChI is InChI=1S/C14H27NS/c1-3-15-13(11-12-7-4-5-8-12)14(2)9-6-10-16-14/h12-13,15H,3-11H2,1-2H3. The summed E-state index contributed by atoms with van der Waals surface area (Å²) in [5, 5.41) is 3.77. The lowest BCUT2D eigenvalue weighted by atomic mass is 9.87. The van der Waals surface area contributed by atoms with Crippen molar-refractivity contribution in [3.63, 3.8) is 0 Å². The van der Waals surface area contributed by atoms with Gasteiger partial charge < -0.3 is 5.32 Å². The van der Waals surface area contributed by atoms with E-state index in [1.54, 1.807) is 0 Å². The van der Waals surface area contributed by atoms with E-state index in [1.165, 1.54) is 50.7 Å². The van der Waals surface area contributed by atoms with E-state index in [2.05, 4.69) is 30.9 Å². The van der Waals surface area contributed by atoms with Crippen LogP contribution in [-0.2, 0) is 0 Å². The van der Waals surface area contributed by atoms with Gasteiger partial charge in [0.05, 0.1) is 0 Å². The second kappa shape index (κ2) is 5.77. The Bertz CT molecular complexity index is 205. The first-order chi connectivity index (χ1) is 7.74. The smallest absolute Gasteiger partial charge is 0.0285 e. The molecule has 16 heavy (non-hydrogen) atoms. The zero-order chi connectivity index (χ0) is 11.4. The van der Waals surface area contributed by atoms with Crippen molar-refractivity contribution in [3.05, 3.63) is 0 Å². The second-order valence-corrected chi connectivity index (χ2v) is 7.39. The lowest BCUT2D eigenvalue weighted by Gasteiger charge is -2.35. The molecular formula is C14H27NS. The third kappa shape index (κ3) is 2.95. The van der Waals surface area contributed by atoms with Crippen molar-refractivity contribution in [1.29, 1.82) is 0 Å². The molecule has 2 unspecified atom stereocenters. The summed E-state index contributed by atoms with van der Waals surface area (Å²) < 4.78 is 0.526. The van der Waals surface area contributed by atoms with Crippen molar-refractivity contribution < 1.29 is 0 Å². The van der Waals surface area contributed by atoms with Gasteiger partial charge >= 0.3 is 0 Å². The molecule has 0 amide bonds. The van der Waals surface area contributed by atoms with E-state index in [0.29, 0.717) is 4.75 Å². The summed E-state index contributed by atoms with van der Waals surface area (Å²) in [6.07, 6.45) is 10.2. The van der Waals surface area contributed by atoms with Gasteiger partial charge in [-0.25, -0.2) is 0 Å². The minimum absolute atomic E-state index is 0.526. The van der Waals surface area contributed by atoms with Crippen LogP contribution in [0.1, 0.15) is 58.8 Å². The highest BCUT2D eigenvalue weighted by Gasteiger charge is 2.38. The average molecular weight is 241 g/mol. The average Bonchev–Trinajstić information content (AvgIpc) is 2.89. The zero-order valence-electron chi connectivity index (χ0n) is 10.9. The first-order valence-electron chi connectivity index (χ1n) is 7.12. The first kappa shape index (κ1) is 12.8. The highest BCUT2D eigenvalue weighted by Crippen LogP contribution is 2.43. The monoisotopic (exact) mass is 241 g/mol. The third-order valence-corrected chi connectivity index (χ3v) is 6.12.